The van der Waals surface area contributed by atoms with E-state index in [1.54, 1.807) is 7.11 Å². The monoisotopic (exact) mass is 250 g/mol. The highest BCUT2D eigenvalue weighted by Gasteiger charge is 2.24. The first-order valence-electron chi connectivity index (χ1n) is 6.49. The third-order valence-electron chi connectivity index (χ3n) is 3.48. The van der Waals surface area contributed by atoms with E-state index in [1.165, 1.54) is 12.8 Å². The predicted octanol–water partition coefficient (Wildman–Crippen LogP) is 1.83. The third-order valence-corrected chi connectivity index (χ3v) is 3.48. The average Bonchev–Trinajstić information content (AvgIpc) is 2.28. The molecule has 1 aliphatic rings. The molecular weight excluding hydrogens is 228 g/mol. The lowest BCUT2D eigenvalue weighted by Gasteiger charge is -2.37. The first-order valence-corrected chi connectivity index (χ1v) is 6.49. The first-order chi connectivity index (χ1) is 8.60. The van der Waals surface area contributed by atoms with Gasteiger partial charge in [-0.2, -0.15) is 0 Å². The second-order valence-corrected chi connectivity index (χ2v) is 5.17. The lowest BCUT2D eigenvalue weighted by Crippen LogP contribution is -2.41. The smallest absolute Gasteiger partial charge is 0.158 e. The minimum atomic E-state index is 0.399. The van der Waals surface area contributed by atoms with Crippen LogP contribution in [0.1, 0.15) is 32.5 Å². The van der Waals surface area contributed by atoms with Crippen molar-refractivity contribution in [2.24, 2.45) is 5.92 Å². The van der Waals surface area contributed by atoms with Crippen LogP contribution in [-0.4, -0.2) is 29.7 Å². The summed E-state index contributed by atoms with van der Waals surface area (Å²) < 4.78 is 5.07. The zero-order valence-corrected chi connectivity index (χ0v) is 11.4. The number of nitrogens with two attached hydrogens (primary N) is 1. The van der Waals surface area contributed by atoms with Crippen molar-refractivity contribution in [1.29, 1.82) is 0 Å². The number of anilines is 2. The number of rotatable bonds is 3. The van der Waals surface area contributed by atoms with Crippen molar-refractivity contribution >= 4 is 11.6 Å². The van der Waals surface area contributed by atoms with Gasteiger partial charge in [-0.15, -0.1) is 0 Å². The molecule has 5 nitrogen and oxygen atoms in total. The number of nitrogen functional groups attached to an aromatic ring is 1. The highest BCUT2D eigenvalue weighted by molar-refractivity contribution is 5.48. The Kier molecular flexibility index (Phi) is 4.01. The second kappa shape index (κ2) is 5.52. The molecule has 0 aliphatic carbocycles. The van der Waals surface area contributed by atoms with E-state index in [4.69, 9.17) is 10.5 Å². The quantitative estimate of drug-likeness (QED) is 0.886. The summed E-state index contributed by atoms with van der Waals surface area (Å²) >= 11 is 0. The van der Waals surface area contributed by atoms with E-state index >= 15 is 0 Å². The van der Waals surface area contributed by atoms with Gasteiger partial charge >= 0.3 is 0 Å². The van der Waals surface area contributed by atoms with E-state index in [9.17, 15) is 0 Å². The second-order valence-electron chi connectivity index (χ2n) is 5.17. The summed E-state index contributed by atoms with van der Waals surface area (Å²) in [7, 11) is 1.64. The lowest BCUT2D eigenvalue weighted by atomic mass is 9.93. The van der Waals surface area contributed by atoms with Gasteiger partial charge in [-0.25, -0.2) is 9.97 Å². The number of aromatic nitrogens is 2. The summed E-state index contributed by atoms with van der Waals surface area (Å²) in [5.41, 5.74) is 5.84. The summed E-state index contributed by atoms with van der Waals surface area (Å²) in [5, 5.41) is 0. The Morgan fingerprint density at radius 1 is 1.44 bits per heavy atom. The summed E-state index contributed by atoms with van der Waals surface area (Å²) in [6.45, 7) is 5.98. The fourth-order valence-corrected chi connectivity index (χ4v) is 2.59. The van der Waals surface area contributed by atoms with Crippen LogP contribution in [0.15, 0.2) is 6.07 Å². The van der Waals surface area contributed by atoms with Gasteiger partial charge in [0.25, 0.3) is 0 Å². The molecular formula is C13H22N4O. The highest BCUT2D eigenvalue weighted by atomic mass is 16.5. The zero-order valence-electron chi connectivity index (χ0n) is 11.4. The molecule has 18 heavy (non-hydrogen) atoms. The molecule has 2 atom stereocenters. The summed E-state index contributed by atoms with van der Waals surface area (Å²) in [6.07, 6.45) is 2.40. The van der Waals surface area contributed by atoms with Crippen LogP contribution < -0.4 is 10.6 Å². The van der Waals surface area contributed by atoms with Crippen molar-refractivity contribution in [2.75, 3.05) is 24.3 Å². The van der Waals surface area contributed by atoms with Gasteiger partial charge in [0.15, 0.2) is 5.82 Å². The van der Waals surface area contributed by atoms with Crippen molar-refractivity contribution in [2.45, 2.75) is 39.3 Å². The lowest BCUT2D eigenvalue weighted by molar-refractivity contribution is 0.178. The molecule has 100 valence electrons. The maximum atomic E-state index is 5.84. The van der Waals surface area contributed by atoms with E-state index in [1.807, 2.05) is 6.07 Å². The average molecular weight is 250 g/mol. The first kappa shape index (κ1) is 13.1. The number of nitrogens with zero attached hydrogens (tertiary/aromatic N) is 3. The van der Waals surface area contributed by atoms with Crippen LogP contribution >= 0.6 is 0 Å². The summed E-state index contributed by atoms with van der Waals surface area (Å²) in [5.74, 6) is 2.87. The molecule has 0 bridgehead atoms. The molecule has 0 radical (unpaired) electrons. The third kappa shape index (κ3) is 2.90. The van der Waals surface area contributed by atoms with Crippen LogP contribution in [0.3, 0.4) is 0 Å². The summed E-state index contributed by atoms with van der Waals surface area (Å²) in [4.78, 5) is 11.0. The number of hydrogen-bond acceptors (Lipinski definition) is 5. The maximum absolute atomic E-state index is 5.84. The zero-order chi connectivity index (χ0) is 13.1. The van der Waals surface area contributed by atoms with Gasteiger partial charge in [0.1, 0.15) is 18.2 Å². The fraction of sp³-hybridized carbons (Fsp3) is 0.692. The molecule has 1 aliphatic heterocycles. The Bertz CT molecular complexity index is 410. The van der Waals surface area contributed by atoms with Crippen molar-refractivity contribution < 1.29 is 4.74 Å². The van der Waals surface area contributed by atoms with Gasteiger partial charge < -0.3 is 15.4 Å². The molecule has 2 rings (SSSR count). The van der Waals surface area contributed by atoms with Crippen molar-refractivity contribution in [3.05, 3.63) is 11.9 Å². The Morgan fingerprint density at radius 2 is 2.22 bits per heavy atom. The molecule has 1 fully saturated rings. The van der Waals surface area contributed by atoms with Gasteiger partial charge in [-0.05, 0) is 25.7 Å². The van der Waals surface area contributed by atoms with Crippen LogP contribution in [0.2, 0.25) is 0 Å². The van der Waals surface area contributed by atoms with Crippen LogP contribution in [0.5, 0.6) is 0 Å². The Hall–Kier alpha value is -1.36. The number of methoxy groups -OCH3 is 1. The fourth-order valence-electron chi connectivity index (χ4n) is 2.59. The minimum absolute atomic E-state index is 0.399. The van der Waals surface area contributed by atoms with Crippen LogP contribution in [-0.2, 0) is 11.3 Å². The largest absolute Gasteiger partial charge is 0.384 e. The molecule has 0 amide bonds. The molecule has 2 heterocycles. The Labute approximate surface area is 108 Å². The molecule has 2 N–H and O–H groups in total. The molecule has 1 aromatic heterocycles. The van der Waals surface area contributed by atoms with E-state index in [2.05, 4.69) is 28.7 Å². The van der Waals surface area contributed by atoms with Crippen LogP contribution in [0.25, 0.3) is 0 Å². The number of piperidine rings is 1. The topological polar surface area (TPSA) is 64.3 Å². The van der Waals surface area contributed by atoms with E-state index in [0.29, 0.717) is 24.3 Å². The predicted molar refractivity (Wildman–Crippen MR) is 72.4 cm³/mol. The van der Waals surface area contributed by atoms with Crippen molar-refractivity contribution in [1.82, 2.24) is 9.97 Å². The van der Waals surface area contributed by atoms with Gasteiger partial charge in [0.05, 0.1) is 0 Å². The van der Waals surface area contributed by atoms with E-state index < -0.39 is 0 Å². The Morgan fingerprint density at radius 3 is 2.89 bits per heavy atom. The maximum Gasteiger partial charge on any atom is 0.158 e. The van der Waals surface area contributed by atoms with Gasteiger partial charge in [0.2, 0.25) is 0 Å². The normalized spacial score (nSPS) is 24.3. The highest BCUT2D eigenvalue weighted by Crippen LogP contribution is 2.27. The minimum Gasteiger partial charge on any atom is -0.384 e. The molecule has 0 aromatic carbocycles. The van der Waals surface area contributed by atoms with Gasteiger partial charge in [-0.3, -0.25) is 0 Å². The van der Waals surface area contributed by atoms with E-state index in [-0.39, 0.29) is 0 Å². The molecule has 1 saturated heterocycles. The Balaban J connectivity index is 2.21. The molecule has 5 heteroatoms. The SMILES string of the molecule is COCc1nc(N)cc(N2CCC(C)CC2C)n1. The standard InChI is InChI=1S/C13H22N4O/c1-9-4-5-17(10(2)6-9)13-7-11(14)15-12(16-13)8-18-3/h7,9-10H,4-6,8H2,1-3H3,(H2,14,15,16). The van der Waals surface area contributed by atoms with Crippen LogP contribution in [0, 0.1) is 5.92 Å². The molecule has 2 unspecified atom stereocenters. The molecule has 0 saturated carbocycles. The number of hydrogen-bond donors (Lipinski definition) is 1. The van der Waals surface area contributed by atoms with E-state index in [0.717, 1.165) is 18.3 Å². The van der Waals surface area contributed by atoms with Crippen molar-refractivity contribution in [3.63, 3.8) is 0 Å². The van der Waals surface area contributed by atoms with Crippen molar-refractivity contribution in [3.8, 4) is 0 Å². The molecule has 1 aromatic rings. The van der Waals surface area contributed by atoms with Crippen LogP contribution in [0.4, 0.5) is 11.6 Å². The summed E-state index contributed by atoms with van der Waals surface area (Å²) in [6, 6.07) is 2.35. The number of ether oxygens (including phenoxy) is 1. The van der Waals surface area contributed by atoms with Gasteiger partial charge in [-0.1, -0.05) is 6.92 Å². The molecule has 0 spiro atoms. The van der Waals surface area contributed by atoms with Gasteiger partial charge in [0, 0.05) is 25.8 Å².